The molecule has 1 atom stereocenters. The number of carboxylic acids is 1. The van der Waals surface area contributed by atoms with Crippen molar-refractivity contribution in [3.05, 3.63) is 59.7 Å². The fourth-order valence-electron chi connectivity index (χ4n) is 3.16. The van der Waals surface area contributed by atoms with Crippen LogP contribution in [0.3, 0.4) is 0 Å². The normalized spacial score (nSPS) is 12.6. The number of halogens is 3. The van der Waals surface area contributed by atoms with Gasteiger partial charge in [-0.1, -0.05) is 50.2 Å². The van der Waals surface area contributed by atoms with E-state index >= 15 is 0 Å². The van der Waals surface area contributed by atoms with Crippen LogP contribution in [0.25, 0.3) is 11.1 Å². The SMILES string of the molecule is CC(C)CC(C(=O)O)N(CCc1ccc(-c2ccc(C(F)(F)F)cc2)cc1)C(=O)O. The number of benzene rings is 2. The van der Waals surface area contributed by atoms with Gasteiger partial charge in [-0.3, -0.25) is 4.90 Å². The van der Waals surface area contributed by atoms with Gasteiger partial charge in [-0.2, -0.15) is 13.2 Å². The van der Waals surface area contributed by atoms with Crippen molar-refractivity contribution >= 4 is 12.1 Å². The Hall–Kier alpha value is -3.03. The maximum absolute atomic E-state index is 12.7. The molecule has 0 fully saturated rings. The second kappa shape index (κ2) is 9.65. The van der Waals surface area contributed by atoms with Crippen LogP contribution in [0, 0.1) is 5.92 Å². The van der Waals surface area contributed by atoms with Crippen LogP contribution in [-0.2, 0) is 17.4 Å². The van der Waals surface area contributed by atoms with Crippen molar-refractivity contribution in [2.45, 2.75) is 38.9 Å². The molecule has 2 N–H and O–H groups in total. The van der Waals surface area contributed by atoms with Crippen LogP contribution in [-0.4, -0.2) is 39.8 Å². The second-order valence-electron chi connectivity index (χ2n) is 7.48. The minimum absolute atomic E-state index is 0.0240. The summed E-state index contributed by atoms with van der Waals surface area (Å²) in [5.41, 5.74) is 1.44. The van der Waals surface area contributed by atoms with Crippen LogP contribution >= 0.6 is 0 Å². The fourth-order valence-corrected chi connectivity index (χ4v) is 3.16. The molecule has 0 aliphatic carbocycles. The molecule has 0 saturated carbocycles. The first kappa shape index (κ1) is 23.3. The number of hydrogen-bond donors (Lipinski definition) is 2. The van der Waals surface area contributed by atoms with Crippen molar-refractivity contribution in [2.24, 2.45) is 5.92 Å². The third-order valence-electron chi connectivity index (χ3n) is 4.74. The molecule has 0 saturated heterocycles. The lowest BCUT2D eigenvalue weighted by atomic mass is 10.0. The van der Waals surface area contributed by atoms with E-state index in [2.05, 4.69) is 0 Å². The second-order valence-corrected chi connectivity index (χ2v) is 7.48. The molecular formula is C22H24F3NO4. The largest absolute Gasteiger partial charge is 0.480 e. The predicted molar refractivity (Wildman–Crippen MR) is 106 cm³/mol. The van der Waals surface area contributed by atoms with Gasteiger partial charge in [0, 0.05) is 6.54 Å². The number of amides is 1. The fraction of sp³-hybridized carbons (Fsp3) is 0.364. The zero-order chi connectivity index (χ0) is 22.5. The molecule has 1 unspecified atom stereocenters. The summed E-state index contributed by atoms with van der Waals surface area (Å²) in [7, 11) is 0. The van der Waals surface area contributed by atoms with Gasteiger partial charge in [0.15, 0.2) is 0 Å². The van der Waals surface area contributed by atoms with E-state index in [1.807, 2.05) is 13.8 Å². The highest BCUT2D eigenvalue weighted by atomic mass is 19.4. The van der Waals surface area contributed by atoms with E-state index in [4.69, 9.17) is 0 Å². The lowest BCUT2D eigenvalue weighted by Crippen LogP contribution is -2.46. The summed E-state index contributed by atoms with van der Waals surface area (Å²) in [5, 5.41) is 18.8. The third kappa shape index (κ3) is 6.23. The molecule has 0 radical (unpaired) electrons. The minimum Gasteiger partial charge on any atom is -0.480 e. The average Bonchev–Trinajstić information content (AvgIpc) is 2.66. The Kier molecular flexibility index (Phi) is 7.48. The molecule has 2 rings (SSSR count). The molecule has 162 valence electrons. The summed E-state index contributed by atoms with van der Waals surface area (Å²) in [6, 6.07) is 10.7. The van der Waals surface area contributed by atoms with E-state index in [0.29, 0.717) is 12.0 Å². The van der Waals surface area contributed by atoms with Crippen LogP contribution in [0.1, 0.15) is 31.4 Å². The number of hydrogen-bond acceptors (Lipinski definition) is 2. The van der Waals surface area contributed by atoms with Gasteiger partial charge >= 0.3 is 18.2 Å². The molecule has 1 amide bonds. The standard InChI is InChI=1S/C22H24F3NO4/c1-14(2)13-19(20(27)28)26(21(29)30)12-11-15-3-5-16(6-4-15)17-7-9-18(10-8-17)22(23,24)25/h3-10,14,19H,11-13H2,1-2H3,(H,27,28)(H,29,30). The molecule has 2 aromatic carbocycles. The molecule has 0 bridgehead atoms. The van der Waals surface area contributed by atoms with E-state index in [1.165, 1.54) is 12.1 Å². The first-order valence-electron chi connectivity index (χ1n) is 9.48. The van der Waals surface area contributed by atoms with Gasteiger partial charge in [0.25, 0.3) is 0 Å². The summed E-state index contributed by atoms with van der Waals surface area (Å²) in [4.78, 5) is 24.0. The van der Waals surface area contributed by atoms with Crippen LogP contribution in [0.15, 0.2) is 48.5 Å². The van der Waals surface area contributed by atoms with Crippen molar-refractivity contribution < 1.29 is 33.0 Å². The van der Waals surface area contributed by atoms with E-state index in [-0.39, 0.29) is 18.9 Å². The Morgan fingerprint density at radius 2 is 1.43 bits per heavy atom. The Balaban J connectivity index is 2.09. The first-order valence-corrected chi connectivity index (χ1v) is 9.48. The van der Waals surface area contributed by atoms with Gasteiger partial charge in [0.2, 0.25) is 0 Å². The summed E-state index contributed by atoms with van der Waals surface area (Å²) >= 11 is 0. The summed E-state index contributed by atoms with van der Waals surface area (Å²) in [6.45, 7) is 3.69. The van der Waals surface area contributed by atoms with Crippen molar-refractivity contribution in [1.29, 1.82) is 0 Å². The number of rotatable bonds is 8. The molecule has 0 heterocycles. The van der Waals surface area contributed by atoms with Crippen molar-refractivity contribution in [2.75, 3.05) is 6.54 Å². The number of alkyl halides is 3. The van der Waals surface area contributed by atoms with Crippen LogP contribution < -0.4 is 0 Å². The highest BCUT2D eigenvalue weighted by Crippen LogP contribution is 2.31. The quantitative estimate of drug-likeness (QED) is 0.596. The van der Waals surface area contributed by atoms with E-state index in [0.717, 1.165) is 28.2 Å². The lowest BCUT2D eigenvalue weighted by molar-refractivity contribution is -0.143. The lowest BCUT2D eigenvalue weighted by Gasteiger charge is -2.27. The Bertz CT molecular complexity index is 861. The molecule has 0 spiro atoms. The number of carbonyl (C=O) groups is 2. The van der Waals surface area contributed by atoms with E-state index in [9.17, 15) is 33.0 Å². The molecule has 2 aromatic rings. The highest BCUT2D eigenvalue weighted by Gasteiger charge is 2.30. The van der Waals surface area contributed by atoms with Crippen LogP contribution in [0.2, 0.25) is 0 Å². The number of aliphatic carboxylic acids is 1. The number of nitrogens with zero attached hydrogens (tertiary/aromatic N) is 1. The van der Waals surface area contributed by atoms with Gasteiger partial charge in [-0.25, -0.2) is 9.59 Å². The molecular weight excluding hydrogens is 399 g/mol. The third-order valence-corrected chi connectivity index (χ3v) is 4.74. The topological polar surface area (TPSA) is 77.8 Å². The smallest absolute Gasteiger partial charge is 0.416 e. The minimum atomic E-state index is -4.39. The van der Waals surface area contributed by atoms with Gasteiger partial charge in [-0.15, -0.1) is 0 Å². The summed E-state index contributed by atoms with van der Waals surface area (Å²) < 4.78 is 38.0. The Morgan fingerprint density at radius 1 is 0.933 bits per heavy atom. The molecule has 0 aliphatic rings. The zero-order valence-corrected chi connectivity index (χ0v) is 16.7. The average molecular weight is 423 g/mol. The van der Waals surface area contributed by atoms with Gasteiger partial charge in [0.1, 0.15) is 6.04 Å². The maximum atomic E-state index is 12.7. The van der Waals surface area contributed by atoms with Gasteiger partial charge in [0.05, 0.1) is 5.56 Å². The van der Waals surface area contributed by atoms with Crippen molar-refractivity contribution in [3.8, 4) is 11.1 Å². The first-order chi connectivity index (χ1) is 14.0. The molecule has 30 heavy (non-hydrogen) atoms. The molecule has 0 aliphatic heterocycles. The highest BCUT2D eigenvalue weighted by molar-refractivity contribution is 5.79. The van der Waals surface area contributed by atoms with Gasteiger partial charge < -0.3 is 10.2 Å². The van der Waals surface area contributed by atoms with E-state index < -0.39 is 29.8 Å². The van der Waals surface area contributed by atoms with Crippen LogP contribution in [0.5, 0.6) is 0 Å². The van der Waals surface area contributed by atoms with Crippen LogP contribution in [0.4, 0.5) is 18.0 Å². The monoisotopic (exact) mass is 423 g/mol. The van der Waals surface area contributed by atoms with E-state index in [1.54, 1.807) is 24.3 Å². The van der Waals surface area contributed by atoms with Crippen molar-refractivity contribution in [3.63, 3.8) is 0 Å². The summed E-state index contributed by atoms with van der Waals surface area (Å²) in [6.07, 6.45) is -5.14. The Labute approximate surface area is 172 Å². The predicted octanol–water partition coefficient (Wildman–Crippen LogP) is 5.39. The summed E-state index contributed by atoms with van der Waals surface area (Å²) in [5.74, 6) is -1.15. The van der Waals surface area contributed by atoms with Gasteiger partial charge in [-0.05, 0) is 47.6 Å². The number of carboxylic acid groups (broad SMARTS) is 2. The van der Waals surface area contributed by atoms with Crippen molar-refractivity contribution in [1.82, 2.24) is 4.90 Å². The maximum Gasteiger partial charge on any atom is 0.416 e. The Morgan fingerprint density at radius 3 is 1.83 bits per heavy atom. The molecule has 5 nitrogen and oxygen atoms in total. The molecule has 8 heteroatoms. The zero-order valence-electron chi connectivity index (χ0n) is 16.7. The molecule has 0 aromatic heterocycles.